The molecule has 1 saturated carbocycles. The van der Waals surface area contributed by atoms with Gasteiger partial charge in [-0.1, -0.05) is 0 Å². The van der Waals surface area contributed by atoms with Crippen LogP contribution < -0.4 is 10.9 Å². The van der Waals surface area contributed by atoms with Gasteiger partial charge < -0.3 is 5.32 Å². The van der Waals surface area contributed by atoms with E-state index in [1.54, 1.807) is 0 Å². The zero-order chi connectivity index (χ0) is 26.5. The molecule has 0 unspecified atom stereocenters. The highest BCUT2D eigenvalue weighted by Crippen LogP contribution is 2.40. The summed E-state index contributed by atoms with van der Waals surface area (Å²) < 4.78 is 82.5. The molecule has 0 atom stereocenters. The van der Waals surface area contributed by atoms with Gasteiger partial charge in [0, 0.05) is 24.8 Å². The van der Waals surface area contributed by atoms with E-state index in [-0.39, 0.29) is 48.2 Å². The molecule has 0 radical (unpaired) electrons. The summed E-state index contributed by atoms with van der Waals surface area (Å²) in [4.78, 5) is 33.3. The molecule has 0 bridgehead atoms. The molecule has 37 heavy (non-hydrogen) atoms. The second kappa shape index (κ2) is 8.85. The van der Waals surface area contributed by atoms with Gasteiger partial charge in [-0.2, -0.15) is 22.8 Å². The Bertz CT molecular complexity index is 1550. The predicted molar refractivity (Wildman–Crippen MR) is 119 cm³/mol. The van der Waals surface area contributed by atoms with Crippen molar-refractivity contribution >= 4 is 28.4 Å². The topological polar surface area (TPSA) is 94.2 Å². The van der Waals surface area contributed by atoms with Crippen molar-refractivity contribution in [2.45, 2.75) is 50.2 Å². The first-order valence-corrected chi connectivity index (χ1v) is 11.2. The lowest BCUT2D eigenvalue weighted by molar-refractivity contribution is -0.141. The third-order valence-electron chi connectivity index (χ3n) is 6.26. The maximum atomic E-state index is 13.7. The summed E-state index contributed by atoms with van der Waals surface area (Å²) in [5.41, 5.74) is -2.14. The summed E-state index contributed by atoms with van der Waals surface area (Å²) >= 11 is 0. The van der Waals surface area contributed by atoms with E-state index in [1.807, 2.05) is 0 Å². The van der Waals surface area contributed by atoms with Crippen molar-refractivity contribution in [2.24, 2.45) is 0 Å². The van der Waals surface area contributed by atoms with Gasteiger partial charge in [0.05, 0.1) is 17.3 Å². The number of nitrogens with zero attached hydrogens (tertiary/aromatic N) is 5. The van der Waals surface area contributed by atoms with Crippen LogP contribution in [0.5, 0.6) is 0 Å². The van der Waals surface area contributed by atoms with Gasteiger partial charge >= 0.3 is 6.18 Å². The van der Waals surface area contributed by atoms with Gasteiger partial charge in [0.15, 0.2) is 5.65 Å². The van der Waals surface area contributed by atoms with E-state index in [4.69, 9.17) is 0 Å². The second-order valence-electron chi connectivity index (χ2n) is 8.84. The molecule has 1 N–H and O–H groups in total. The molecule has 1 fully saturated rings. The molecule has 1 amide bonds. The minimum atomic E-state index is -4.79. The average Bonchev–Trinajstić information content (AvgIpc) is 3.28. The third kappa shape index (κ3) is 4.87. The fraction of sp³-hybridized carbons (Fsp3) is 0.348. The van der Waals surface area contributed by atoms with E-state index < -0.39 is 47.5 Å². The Kier molecular flexibility index (Phi) is 5.91. The molecular weight excluding hydrogens is 506 g/mol. The summed E-state index contributed by atoms with van der Waals surface area (Å²) in [6.07, 6.45) is -4.46. The molecule has 0 spiro atoms. The van der Waals surface area contributed by atoms with Gasteiger partial charge in [0.1, 0.15) is 29.5 Å². The fourth-order valence-electron chi connectivity index (χ4n) is 4.39. The summed E-state index contributed by atoms with van der Waals surface area (Å²) in [7, 11) is 0. The molecule has 0 aromatic carbocycles. The summed E-state index contributed by atoms with van der Waals surface area (Å²) in [6.45, 7) is -0.577. The predicted octanol–water partition coefficient (Wildman–Crippen LogP) is 4.53. The van der Waals surface area contributed by atoms with E-state index >= 15 is 0 Å². The number of halogens is 6. The van der Waals surface area contributed by atoms with Gasteiger partial charge in [-0.05, 0) is 37.1 Å². The monoisotopic (exact) mass is 524 g/mol. The van der Waals surface area contributed by atoms with Gasteiger partial charge in [0.25, 0.3) is 5.56 Å². The van der Waals surface area contributed by atoms with Gasteiger partial charge in [-0.3, -0.25) is 14.2 Å². The van der Waals surface area contributed by atoms with Crippen molar-refractivity contribution in [1.29, 1.82) is 0 Å². The number of anilines is 1. The fourth-order valence-corrected chi connectivity index (χ4v) is 4.39. The Morgan fingerprint density at radius 2 is 1.86 bits per heavy atom. The van der Waals surface area contributed by atoms with Crippen LogP contribution >= 0.6 is 0 Å². The quantitative estimate of drug-likeness (QED) is 0.396. The highest BCUT2D eigenvalue weighted by atomic mass is 19.4. The van der Waals surface area contributed by atoms with Crippen molar-refractivity contribution in [1.82, 2.24) is 24.1 Å². The number of hydrogen-bond donors (Lipinski definition) is 1. The van der Waals surface area contributed by atoms with Gasteiger partial charge in [-0.15, -0.1) is 0 Å². The molecule has 5 rings (SSSR count). The summed E-state index contributed by atoms with van der Waals surface area (Å²) in [5, 5.41) is 6.52. The minimum absolute atomic E-state index is 0.0186. The molecule has 0 saturated heterocycles. The van der Waals surface area contributed by atoms with Crippen LogP contribution in [-0.4, -0.2) is 36.0 Å². The molecule has 0 aliphatic heterocycles. The molecular formula is C23H18F6N6O2. The van der Waals surface area contributed by atoms with Crippen LogP contribution in [0.2, 0.25) is 0 Å². The first kappa shape index (κ1) is 24.7. The van der Waals surface area contributed by atoms with E-state index in [2.05, 4.69) is 20.4 Å². The van der Waals surface area contributed by atoms with Crippen LogP contribution in [-0.2, 0) is 17.5 Å². The van der Waals surface area contributed by atoms with Crippen LogP contribution in [0.3, 0.4) is 0 Å². The van der Waals surface area contributed by atoms with E-state index in [9.17, 15) is 35.9 Å². The maximum absolute atomic E-state index is 13.7. The Morgan fingerprint density at radius 3 is 2.51 bits per heavy atom. The third-order valence-corrected chi connectivity index (χ3v) is 6.26. The smallest absolute Gasteiger partial charge is 0.309 e. The molecule has 1 aliphatic carbocycles. The standard InChI is InChI=1S/C23H18F6N6O2/c24-13-1-4-17(30-10-13)32-18(36)11-34-19-9-15(12-5-7-22(25,26)8-6-12)33-35(19)20-14(21(34)37)2-3-16(31-20)23(27,28)29/h1-4,9-10,12H,5-8,11H2,(H,30,32,36). The molecule has 194 valence electrons. The number of pyridine rings is 2. The minimum Gasteiger partial charge on any atom is -0.309 e. The van der Waals surface area contributed by atoms with Crippen LogP contribution in [0.1, 0.15) is 43.0 Å². The SMILES string of the molecule is O=C(Cn1c(=O)c2ccc(C(F)(F)F)nc2n2nc(C3CCC(F)(F)CC3)cc12)Nc1ccc(F)cn1. The zero-order valence-corrected chi connectivity index (χ0v) is 18.9. The number of carbonyl (C=O) groups excluding carboxylic acids is 1. The van der Waals surface area contributed by atoms with Crippen LogP contribution in [0, 0.1) is 5.82 Å². The zero-order valence-electron chi connectivity index (χ0n) is 18.9. The molecule has 8 nitrogen and oxygen atoms in total. The van der Waals surface area contributed by atoms with Crippen molar-refractivity contribution in [3.05, 3.63) is 64.1 Å². The molecule has 14 heteroatoms. The number of fused-ring (bicyclic) bond motifs is 3. The Hall–Kier alpha value is -3.97. The second-order valence-corrected chi connectivity index (χ2v) is 8.84. The average molecular weight is 524 g/mol. The van der Waals surface area contributed by atoms with Crippen LogP contribution in [0.15, 0.2) is 41.3 Å². The van der Waals surface area contributed by atoms with Gasteiger partial charge in [-0.25, -0.2) is 23.1 Å². The van der Waals surface area contributed by atoms with E-state index in [0.29, 0.717) is 11.8 Å². The first-order valence-electron chi connectivity index (χ1n) is 11.2. The van der Waals surface area contributed by atoms with E-state index in [1.165, 1.54) is 12.1 Å². The molecule has 1 aliphatic rings. The molecule has 4 heterocycles. The normalized spacial score (nSPS) is 16.4. The first-order chi connectivity index (χ1) is 17.4. The molecule has 4 aromatic rings. The highest BCUT2D eigenvalue weighted by Gasteiger charge is 2.37. The number of aromatic nitrogens is 5. The maximum Gasteiger partial charge on any atom is 0.433 e. The lowest BCUT2D eigenvalue weighted by Gasteiger charge is -2.26. The van der Waals surface area contributed by atoms with Crippen LogP contribution in [0.25, 0.3) is 16.7 Å². The number of amides is 1. The lowest BCUT2D eigenvalue weighted by atomic mass is 9.85. The Morgan fingerprint density at radius 1 is 1.14 bits per heavy atom. The van der Waals surface area contributed by atoms with Crippen molar-refractivity contribution < 1.29 is 31.1 Å². The number of rotatable bonds is 4. The van der Waals surface area contributed by atoms with Crippen molar-refractivity contribution in [3.8, 4) is 0 Å². The summed E-state index contributed by atoms with van der Waals surface area (Å²) in [6, 6.07) is 5.29. The van der Waals surface area contributed by atoms with Crippen molar-refractivity contribution in [2.75, 3.05) is 5.32 Å². The number of carbonyl (C=O) groups is 1. The Balaban J connectivity index is 1.61. The lowest BCUT2D eigenvalue weighted by Crippen LogP contribution is -2.30. The highest BCUT2D eigenvalue weighted by molar-refractivity contribution is 5.90. The van der Waals surface area contributed by atoms with E-state index in [0.717, 1.165) is 27.4 Å². The number of nitrogens with one attached hydrogen (secondary N) is 1. The largest absolute Gasteiger partial charge is 0.433 e. The number of hydrogen-bond acceptors (Lipinski definition) is 5. The summed E-state index contributed by atoms with van der Waals surface area (Å²) in [5.74, 6) is -4.54. The van der Waals surface area contributed by atoms with Crippen molar-refractivity contribution in [3.63, 3.8) is 0 Å². The van der Waals surface area contributed by atoms with Gasteiger partial charge in [0.2, 0.25) is 11.8 Å². The van der Waals surface area contributed by atoms with Crippen LogP contribution in [0.4, 0.5) is 32.2 Å². The number of alkyl halides is 5. The molecule has 4 aromatic heterocycles. The Labute approximate surface area is 203 Å².